The van der Waals surface area contributed by atoms with Crippen molar-refractivity contribution >= 4 is 17.2 Å². The zero-order chi connectivity index (χ0) is 16.4. The van der Waals surface area contributed by atoms with Crippen molar-refractivity contribution in [1.82, 2.24) is 25.0 Å². The third kappa shape index (κ3) is 3.16. The van der Waals surface area contributed by atoms with Gasteiger partial charge in [-0.25, -0.2) is 4.98 Å². The van der Waals surface area contributed by atoms with E-state index in [1.807, 2.05) is 43.7 Å². The molecule has 8 heteroatoms. The fraction of sp³-hybridized carbons (Fsp3) is 0.333. The Bertz CT molecular complexity index is 833. The van der Waals surface area contributed by atoms with E-state index in [1.54, 1.807) is 0 Å². The number of carbonyl (C=O) groups is 1. The molecular formula is C15H17N5O2S. The van der Waals surface area contributed by atoms with Gasteiger partial charge in [0.1, 0.15) is 4.88 Å². The third-order valence-corrected chi connectivity index (χ3v) is 4.45. The molecule has 0 atom stereocenters. The Morgan fingerprint density at radius 2 is 2.22 bits per heavy atom. The predicted octanol–water partition coefficient (Wildman–Crippen LogP) is 2.56. The van der Waals surface area contributed by atoms with Crippen LogP contribution in [0.25, 0.3) is 11.5 Å². The van der Waals surface area contributed by atoms with Crippen molar-refractivity contribution < 1.29 is 9.32 Å². The minimum atomic E-state index is -0.176. The third-order valence-electron chi connectivity index (χ3n) is 3.38. The molecule has 0 saturated heterocycles. The van der Waals surface area contributed by atoms with Gasteiger partial charge >= 0.3 is 0 Å². The summed E-state index contributed by atoms with van der Waals surface area (Å²) in [5.41, 5.74) is 1.62. The van der Waals surface area contributed by atoms with Crippen LogP contribution in [0.5, 0.6) is 0 Å². The topological polar surface area (TPSA) is 85.8 Å². The van der Waals surface area contributed by atoms with Gasteiger partial charge in [0.25, 0.3) is 5.91 Å². The van der Waals surface area contributed by atoms with Gasteiger partial charge in [0, 0.05) is 12.7 Å². The molecule has 0 radical (unpaired) electrons. The highest BCUT2D eigenvalue weighted by Crippen LogP contribution is 2.18. The molecule has 0 unspecified atom stereocenters. The Hall–Kier alpha value is -2.48. The van der Waals surface area contributed by atoms with Gasteiger partial charge < -0.3 is 14.4 Å². The molecule has 3 aromatic rings. The number of rotatable bonds is 5. The maximum Gasteiger partial charge on any atom is 0.263 e. The lowest BCUT2D eigenvalue weighted by Gasteiger charge is -2.01. The Morgan fingerprint density at radius 1 is 1.39 bits per heavy atom. The number of aromatic nitrogens is 4. The van der Waals surface area contributed by atoms with Crippen LogP contribution in [0, 0.1) is 13.8 Å². The first-order chi connectivity index (χ1) is 11.1. The zero-order valence-corrected chi connectivity index (χ0v) is 14.0. The number of amides is 1. The van der Waals surface area contributed by atoms with Crippen molar-refractivity contribution in [2.75, 3.05) is 0 Å². The van der Waals surface area contributed by atoms with E-state index in [0.717, 1.165) is 22.9 Å². The highest BCUT2D eigenvalue weighted by Gasteiger charge is 2.16. The molecule has 0 aliphatic heterocycles. The summed E-state index contributed by atoms with van der Waals surface area (Å²) in [5, 5.41) is 7.63. The van der Waals surface area contributed by atoms with Crippen LogP contribution in [0.4, 0.5) is 0 Å². The molecule has 0 fully saturated rings. The average molecular weight is 331 g/mol. The maximum atomic E-state index is 12.2. The smallest absolute Gasteiger partial charge is 0.263 e. The summed E-state index contributed by atoms with van der Waals surface area (Å²) in [4.78, 5) is 21.3. The van der Waals surface area contributed by atoms with Crippen molar-refractivity contribution in [2.24, 2.45) is 0 Å². The van der Waals surface area contributed by atoms with E-state index >= 15 is 0 Å². The Labute approximate surface area is 137 Å². The first-order valence-corrected chi connectivity index (χ1v) is 8.10. The van der Waals surface area contributed by atoms with Crippen LogP contribution in [0.2, 0.25) is 0 Å². The number of aryl methyl sites for hydroxylation is 3. The summed E-state index contributed by atoms with van der Waals surface area (Å²) in [6.07, 6.45) is 1.96. The van der Waals surface area contributed by atoms with Crippen molar-refractivity contribution in [3.05, 3.63) is 39.8 Å². The van der Waals surface area contributed by atoms with Gasteiger partial charge in [0.05, 0.1) is 22.9 Å². The van der Waals surface area contributed by atoms with Crippen LogP contribution in [-0.4, -0.2) is 25.6 Å². The van der Waals surface area contributed by atoms with Crippen molar-refractivity contribution in [3.63, 3.8) is 0 Å². The number of thiazole rings is 1. The Balaban J connectivity index is 1.68. The van der Waals surface area contributed by atoms with Gasteiger partial charge in [-0.15, -0.1) is 11.3 Å². The van der Waals surface area contributed by atoms with Crippen LogP contribution in [-0.2, 0) is 13.1 Å². The molecule has 23 heavy (non-hydrogen) atoms. The summed E-state index contributed by atoms with van der Waals surface area (Å²) in [7, 11) is 0. The van der Waals surface area contributed by atoms with E-state index in [0.29, 0.717) is 16.6 Å². The summed E-state index contributed by atoms with van der Waals surface area (Å²) in [5.74, 6) is 0.715. The van der Waals surface area contributed by atoms with E-state index in [2.05, 4.69) is 20.4 Å². The molecule has 0 aliphatic rings. The summed E-state index contributed by atoms with van der Waals surface area (Å²) < 4.78 is 7.23. The zero-order valence-electron chi connectivity index (χ0n) is 13.2. The first kappa shape index (κ1) is 15.4. The molecule has 0 saturated carbocycles. The van der Waals surface area contributed by atoms with E-state index in [9.17, 15) is 4.79 Å². The van der Waals surface area contributed by atoms with E-state index in [4.69, 9.17) is 4.52 Å². The van der Waals surface area contributed by atoms with E-state index < -0.39 is 0 Å². The molecule has 120 valence electrons. The van der Waals surface area contributed by atoms with Gasteiger partial charge in [-0.1, -0.05) is 5.16 Å². The van der Waals surface area contributed by atoms with Crippen molar-refractivity contribution in [2.45, 2.75) is 33.9 Å². The second-order valence-electron chi connectivity index (χ2n) is 5.02. The van der Waals surface area contributed by atoms with Crippen molar-refractivity contribution in [1.29, 1.82) is 0 Å². The van der Waals surface area contributed by atoms with Crippen LogP contribution < -0.4 is 5.32 Å². The molecule has 1 N–H and O–H groups in total. The molecular weight excluding hydrogens is 314 g/mol. The number of nitrogens with zero attached hydrogens (tertiary/aromatic N) is 4. The molecule has 3 aromatic heterocycles. The average Bonchev–Trinajstić information content (AvgIpc) is 3.23. The lowest BCUT2D eigenvalue weighted by molar-refractivity contribution is 0.0949. The normalized spacial score (nSPS) is 10.9. The fourth-order valence-electron chi connectivity index (χ4n) is 2.30. The molecule has 3 rings (SSSR count). The number of hydrogen-bond acceptors (Lipinski definition) is 6. The Kier molecular flexibility index (Phi) is 4.24. The standard InChI is InChI=1S/C15H17N5O2S/c1-4-20-7-5-6-11(20)14-18-12(22-19-14)8-16-15(21)13-9(2)17-10(3)23-13/h5-7H,4,8H2,1-3H3,(H,16,21). The van der Waals surface area contributed by atoms with Crippen LogP contribution in [0.15, 0.2) is 22.9 Å². The van der Waals surface area contributed by atoms with Gasteiger partial charge in [-0.2, -0.15) is 4.98 Å². The largest absolute Gasteiger partial charge is 0.345 e. The quantitative estimate of drug-likeness (QED) is 0.776. The minimum absolute atomic E-state index is 0.176. The maximum absolute atomic E-state index is 12.2. The molecule has 7 nitrogen and oxygen atoms in total. The second kappa shape index (κ2) is 6.33. The van der Waals surface area contributed by atoms with E-state index in [-0.39, 0.29) is 12.5 Å². The monoisotopic (exact) mass is 331 g/mol. The van der Waals surface area contributed by atoms with E-state index in [1.165, 1.54) is 11.3 Å². The number of hydrogen-bond donors (Lipinski definition) is 1. The van der Waals surface area contributed by atoms with Crippen LogP contribution in [0.1, 0.15) is 33.2 Å². The van der Waals surface area contributed by atoms with Gasteiger partial charge in [-0.05, 0) is 32.9 Å². The molecule has 0 aliphatic carbocycles. The highest BCUT2D eigenvalue weighted by molar-refractivity contribution is 7.13. The lowest BCUT2D eigenvalue weighted by atomic mass is 10.3. The summed E-state index contributed by atoms with van der Waals surface area (Å²) in [6.45, 7) is 6.76. The molecule has 0 spiro atoms. The van der Waals surface area contributed by atoms with Gasteiger partial charge in [-0.3, -0.25) is 4.79 Å². The van der Waals surface area contributed by atoms with Crippen molar-refractivity contribution in [3.8, 4) is 11.5 Å². The van der Waals surface area contributed by atoms with Gasteiger partial charge in [0.15, 0.2) is 0 Å². The molecule has 0 aromatic carbocycles. The predicted molar refractivity (Wildman–Crippen MR) is 86.2 cm³/mol. The lowest BCUT2D eigenvalue weighted by Crippen LogP contribution is -2.22. The highest BCUT2D eigenvalue weighted by atomic mass is 32.1. The van der Waals surface area contributed by atoms with Crippen LogP contribution in [0.3, 0.4) is 0 Å². The first-order valence-electron chi connectivity index (χ1n) is 7.28. The fourth-order valence-corrected chi connectivity index (χ4v) is 3.14. The summed E-state index contributed by atoms with van der Waals surface area (Å²) >= 11 is 1.37. The van der Waals surface area contributed by atoms with Crippen LogP contribution >= 0.6 is 11.3 Å². The number of nitrogens with one attached hydrogen (secondary N) is 1. The van der Waals surface area contributed by atoms with Gasteiger partial charge in [0.2, 0.25) is 11.7 Å². The minimum Gasteiger partial charge on any atom is -0.345 e. The summed E-state index contributed by atoms with van der Waals surface area (Å²) in [6, 6.07) is 3.87. The molecule has 0 bridgehead atoms. The molecule has 1 amide bonds. The Morgan fingerprint density at radius 3 is 2.91 bits per heavy atom. The SMILES string of the molecule is CCn1cccc1-c1noc(CNC(=O)c2sc(C)nc2C)n1. The molecule has 3 heterocycles. The number of carbonyl (C=O) groups excluding carboxylic acids is 1. The second-order valence-corrected chi connectivity index (χ2v) is 6.22.